The number of carbonyl (C=O) groups excluding carboxylic acids is 1. The normalized spacial score (nSPS) is 26.4. The molecule has 5 nitrogen and oxygen atoms in total. The first kappa shape index (κ1) is 14.8. The Morgan fingerprint density at radius 1 is 1.29 bits per heavy atom. The third-order valence-corrected chi connectivity index (χ3v) is 5.90. The molecule has 21 heavy (non-hydrogen) atoms. The molecule has 2 aliphatic rings. The number of rotatable bonds is 3. The Balaban J connectivity index is 1.77. The van der Waals surface area contributed by atoms with Gasteiger partial charge in [0.1, 0.15) is 5.01 Å². The molecule has 3 rings (SSSR count). The van der Waals surface area contributed by atoms with Gasteiger partial charge in [0, 0.05) is 25.7 Å². The topological polar surface area (TPSA) is 49.3 Å². The Kier molecular flexibility index (Phi) is 3.90. The summed E-state index contributed by atoms with van der Waals surface area (Å²) in [6.07, 6.45) is 4.02. The molecule has 0 aromatic carbocycles. The van der Waals surface area contributed by atoms with E-state index < -0.39 is 0 Å². The van der Waals surface area contributed by atoms with Crippen LogP contribution in [0.1, 0.15) is 45.0 Å². The smallest absolute Gasteiger partial charge is 0.230 e. The molecule has 0 unspecified atom stereocenters. The van der Waals surface area contributed by atoms with Crippen molar-refractivity contribution >= 4 is 22.4 Å². The molecule has 0 saturated carbocycles. The number of aryl methyl sites for hydroxylation is 1. The van der Waals surface area contributed by atoms with E-state index >= 15 is 0 Å². The fourth-order valence-electron chi connectivity index (χ4n) is 3.52. The summed E-state index contributed by atoms with van der Waals surface area (Å²) < 4.78 is 0. The number of hydrogen-bond donors (Lipinski definition) is 0. The lowest BCUT2D eigenvalue weighted by molar-refractivity contribution is -0.147. The highest BCUT2D eigenvalue weighted by Crippen LogP contribution is 2.42. The maximum Gasteiger partial charge on any atom is 0.230 e. The molecule has 0 aliphatic carbocycles. The zero-order chi connectivity index (χ0) is 15.0. The van der Waals surface area contributed by atoms with Crippen LogP contribution in [0.4, 0.5) is 5.13 Å². The van der Waals surface area contributed by atoms with E-state index in [1.54, 1.807) is 11.3 Å². The number of likely N-dealkylation sites (tertiary alicyclic amines) is 1. The lowest BCUT2D eigenvalue weighted by atomic mass is 9.78. The van der Waals surface area contributed by atoms with Crippen LogP contribution in [0.3, 0.4) is 0 Å². The average molecular weight is 308 g/mol. The predicted molar refractivity (Wildman–Crippen MR) is 84.6 cm³/mol. The monoisotopic (exact) mass is 308 g/mol. The molecular weight excluding hydrogens is 284 g/mol. The molecule has 2 fully saturated rings. The summed E-state index contributed by atoms with van der Waals surface area (Å²) in [6, 6.07) is 0.303. The molecule has 6 heteroatoms. The molecule has 1 aromatic heterocycles. The fraction of sp³-hybridized carbons (Fsp3) is 0.800. The van der Waals surface area contributed by atoms with Gasteiger partial charge in [0.15, 0.2) is 0 Å². The zero-order valence-electron chi connectivity index (χ0n) is 13.1. The predicted octanol–water partition coefficient (Wildman–Crippen LogP) is 2.33. The second-order valence-electron chi connectivity index (χ2n) is 6.48. The van der Waals surface area contributed by atoms with Crippen LogP contribution in [0.25, 0.3) is 0 Å². The molecule has 0 radical (unpaired) electrons. The summed E-state index contributed by atoms with van der Waals surface area (Å²) in [4.78, 5) is 17.2. The Bertz CT molecular complexity index is 529. The minimum atomic E-state index is -0.180. The Labute approximate surface area is 130 Å². The number of hydrogen-bond acceptors (Lipinski definition) is 5. The van der Waals surface area contributed by atoms with Crippen LogP contribution in [0.5, 0.6) is 0 Å². The van der Waals surface area contributed by atoms with Gasteiger partial charge in [0.2, 0.25) is 11.0 Å². The van der Waals surface area contributed by atoms with Crippen LogP contribution >= 0.6 is 11.3 Å². The third-order valence-electron chi connectivity index (χ3n) is 4.78. The molecule has 2 saturated heterocycles. The van der Waals surface area contributed by atoms with Gasteiger partial charge in [-0.1, -0.05) is 18.3 Å². The molecule has 1 atom stereocenters. The zero-order valence-corrected chi connectivity index (χ0v) is 13.9. The average Bonchev–Trinajstić information content (AvgIpc) is 3.09. The number of piperidine rings is 1. The molecule has 0 bridgehead atoms. The summed E-state index contributed by atoms with van der Waals surface area (Å²) >= 11 is 1.66. The second kappa shape index (κ2) is 5.55. The largest absolute Gasteiger partial charge is 0.346 e. The van der Waals surface area contributed by atoms with Gasteiger partial charge >= 0.3 is 0 Å². The Morgan fingerprint density at radius 2 is 2.10 bits per heavy atom. The highest BCUT2D eigenvalue weighted by molar-refractivity contribution is 7.15. The van der Waals surface area contributed by atoms with Crippen LogP contribution in [0.15, 0.2) is 0 Å². The van der Waals surface area contributed by atoms with Crippen molar-refractivity contribution in [3.8, 4) is 0 Å². The summed E-state index contributed by atoms with van der Waals surface area (Å²) in [5.74, 6) is 0.353. The number of carbonyl (C=O) groups is 1. The van der Waals surface area contributed by atoms with Crippen molar-refractivity contribution < 1.29 is 4.79 Å². The third kappa shape index (κ3) is 2.54. The van der Waals surface area contributed by atoms with E-state index in [9.17, 15) is 4.79 Å². The molecule has 2 aliphatic heterocycles. The van der Waals surface area contributed by atoms with Gasteiger partial charge < -0.3 is 9.80 Å². The molecule has 1 amide bonds. The van der Waals surface area contributed by atoms with Crippen molar-refractivity contribution in [1.29, 1.82) is 0 Å². The minimum Gasteiger partial charge on any atom is -0.346 e. The quantitative estimate of drug-likeness (QED) is 0.860. The van der Waals surface area contributed by atoms with Crippen molar-refractivity contribution in [2.75, 3.05) is 24.5 Å². The molecule has 116 valence electrons. The van der Waals surface area contributed by atoms with Crippen LogP contribution in [-0.2, 0) is 11.2 Å². The van der Waals surface area contributed by atoms with E-state index in [2.05, 4.69) is 40.8 Å². The fourth-order valence-corrected chi connectivity index (χ4v) is 4.33. The lowest BCUT2D eigenvalue weighted by Gasteiger charge is -2.41. The van der Waals surface area contributed by atoms with Gasteiger partial charge in [-0.05, 0) is 39.5 Å². The van der Waals surface area contributed by atoms with E-state index in [0.29, 0.717) is 11.9 Å². The number of nitrogens with zero attached hydrogens (tertiary/aromatic N) is 4. The van der Waals surface area contributed by atoms with Crippen molar-refractivity contribution in [3.05, 3.63) is 5.01 Å². The summed E-state index contributed by atoms with van der Waals surface area (Å²) in [5, 5.41) is 10.6. The van der Waals surface area contributed by atoms with Crippen LogP contribution in [-0.4, -0.2) is 46.7 Å². The first-order chi connectivity index (χ1) is 10.1. The highest BCUT2D eigenvalue weighted by atomic mass is 32.1. The number of amides is 1. The molecule has 1 aromatic rings. The lowest BCUT2D eigenvalue weighted by Crippen LogP contribution is -2.52. The van der Waals surface area contributed by atoms with E-state index in [-0.39, 0.29) is 5.41 Å². The first-order valence-electron chi connectivity index (χ1n) is 7.94. The summed E-state index contributed by atoms with van der Waals surface area (Å²) in [6.45, 7) is 8.98. The van der Waals surface area contributed by atoms with E-state index in [1.807, 2.05) is 0 Å². The molecule has 1 spiro atoms. The van der Waals surface area contributed by atoms with E-state index in [0.717, 1.165) is 55.5 Å². The van der Waals surface area contributed by atoms with Gasteiger partial charge in [-0.2, -0.15) is 0 Å². The molecule has 0 N–H and O–H groups in total. The van der Waals surface area contributed by atoms with Gasteiger partial charge in [-0.3, -0.25) is 4.79 Å². The van der Waals surface area contributed by atoms with Crippen LogP contribution in [0, 0.1) is 5.41 Å². The Hall–Kier alpha value is -1.17. The van der Waals surface area contributed by atoms with Crippen molar-refractivity contribution in [1.82, 2.24) is 15.1 Å². The second-order valence-corrected chi connectivity index (χ2v) is 7.52. The van der Waals surface area contributed by atoms with Crippen molar-refractivity contribution in [3.63, 3.8) is 0 Å². The summed E-state index contributed by atoms with van der Waals surface area (Å²) in [5.41, 5.74) is -0.180. The minimum absolute atomic E-state index is 0.180. The molecule has 3 heterocycles. The number of aromatic nitrogens is 2. The van der Waals surface area contributed by atoms with Gasteiger partial charge in [0.25, 0.3) is 0 Å². The maximum atomic E-state index is 12.9. The van der Waals surface area contributed by atoms with E-state index in [1.165, 1.54) is 0 Å². The van der Waals surface area contributed by atoms with Crippen molar-refractivity contribution in [2.24, 2.45) is 5.41 Å². The van der Waals surface area contributed by atoms with Gasteiger partial charge in [-0.15, -0.1) is 10.2 Å². The standard InChI is InChI=1S/C15H24N4OS/c1-4-12-16-17-14(21-12)18-9-7-15(10-18)6-5-8-19(11(2)3)13(15)20/h11H,4-10H2,1-3H3/t15-/m0/s1. The highest BCUT2D eigenvalue weighted by Gasteiger charge is 2.49. The maximum absolute atomic E-state index is 12.9. The number of anilines is 1. The van der Waals surface area contributed by atoms with Crippen molar-refractivity contribution in [2.45, 2.75) is 52.5 Å². The van der Waals surface area contributed by atoms with Crippen LogP contribution in [0.2, 0.25) is 0 Å². The first-order valence-corrected chi connectivity index (χ1v) is 8.76. The van der Waals surface area contributed by atoms with Crippen LogP contribution < -0.4 is 4.90 Å². The van der Waals surface area contributed by atoms with Gasteiger partial charge in [-0.25, -0.2) is 0 Å². The summed E-state index contributed by atoms with van der Waals surface area (Å²) in [7, 11) is 0. The molecular formula is C15H24N4OS. The van der Waals surface area contributed by atoms with E-state index in [4.69, 9.17) is 0 Å². The van der Waals surface area contributed by atoms with Gasteiger partial charge in [0.05, 0.1) is 5.41 Å². The Morgan fingerprint density at radius 3 is 2.76 bits per heavy atom. The SMILES string of the molecule is CCc1nnc(N2CC[C@@]3(CCCN(C(C)C)C3=O)C2)s1.